The van der Waals surface area contributed by atoms with Gasteiger partial charge in [0.25, 0.3) is 0 Å². The van der Waals surface area contributed by atoms with Gasteiger partial charge in [-0.15, -0.1) is 11.8 Å². The Labute approximate surface area is 124 Å². The minimum Gasteiger partial charge on any atom is -0.330 e. The van der Waals surface area contributed by atoms with Crippen molar-refractivity contribution in [2.24, 2.45) is 5.73 Å². The van der Waals surface area contributed by atoms with Gasteiger partial charge in [-0.25, -0.2) is 9.97 Å². The highest BCUT2D eigenvalue weighted by Gasteiger charge is 2.21. The van der Waals surface area contributed by atoms with Crippen LogP contribution in [0.1, 0.15) is 41.9 Å². The number of aryl methyl sites for hydroxylation is 2. The Morgan fingerprint density at radius 2 is 1.84 bits per heavy atom. The van der Waals surface area contributed by atoms with Crippen molar-refractivity contribution < 1.29 is 0 Å². The van der Waals surface area contributed by atoms with Gasteiger partial charge in [-0.2, -0.15) is 11.8 Å². The number of hydrogen-bond acceptors (Lipinski definition) is 5. The molecule has 2 N–H and O–H groups in total. The van der Waals surface area contributed by atoms with E-state index in [-0.39, 0.29) is 0 Å². The van der Waals surface area contributed by atoms with E-state index in [1.165, 1.54) is 28.5 Å². The van der Waals surface area contributed by atoms with Crippen LogP contribution in [0, 0.1) is 0 Å². The van der Waals surface area contributed by atoms with Crippen LogP contribution in [0.2, 0.25) is 0 Å². The molecule has 1 atom stereocenters. The first kappa shape index (κ1) is 15.1. The third kappa shape index (κ3) is 3.64. The van der Waals surface area contributed by atoms with Gasteiger partial charge in [-0.05, 0) is 31.4 Å². The molecule has 1 aromatic heterocycles. The molecule has 2 rings (SSSR count). The van der Waals surface area contributed by atoms with Crippen LogP contribution >= 0.6 is 23.5 Å². The van der Waals surface area contributed by atoms with Crippen LogP contribution in [0.3, 0.4) is 0 Å². The molecule has 0 saturated carbocycles. The number of thioether (sulfide) groups is 2. The molecule has 0 aliphatic carbocycles. The fourth-order valence-electron chi connectivity index (χ4n) is 2.40. The summed E-state index contributed by atoms with van der Waals surface area (Å²) < 4.78 is 0. The Bertz CT molecular complexity index is 392. The van der Waals surface area contributed by atoms with E-state index in [0.717, 1.165) is 30.8 Å². The summed E-state index contributed by atoms with van der Waals surface area (Å²) in [6, 6.07) is 0. The smallest absolute Gasteiger partial charge is 0.142 e. The lowest BCUT2D eigenvalue weighted by molar-refractivity contribution is 0.791. The highest BCUT2D eigenvalue weighted by Crippen LogP contribution is 2.35. The molecule has 106 valence electrons. The molecule has 0 spiro atoms. The first-order valence-electron chi connectivity index (χ1n) is 7.08. The van der Waals surface area contributed by atoms with E-state index >= 15 is 0 Å². The van der Waals surface area contributed by atoms with E-state index in [1.54, 1.807) is 0 Å². The summed E-state index contributed by atoms with van der Waals surface area (Å²) in [5.41, 5.74) is 9.44. The fraction of sp³-hybridized carbons (Fsp3) is 0.714. The van der Waals surface area contributed by atoms with Crippen molar-refractivity contribution >= 4 is 23.5 Å². The molecule has 1 aliphatic rings. The van der Waals surface area contributed by atoms with Gasteiger partial charge in [0, 0.05) is 28.6 Å². The van der Waals surface area contributed by atoms with Gasteiger partial charge in [0.15, 0.2) is 0 Å². The number of hydrogen-bond donors (Lipinski definition) is 1. The molecule has 1 aromatic rings. The van der Waals surface area contributed by atoms with Gasteiger partial charge in [0.1, 0.15) is 5.82 Å². The second-order valence-corrected chi connectivity index (χ2v) is 7.09. The van der Waals surface area contributed by atoms with Crippen LogP contribution < -0.4 is 5.73 Å². The van der Waals surface area contributed by atoms with Crippen LogP contribution in [0.25, 0.3) is 0 Å². The summed E-state index contributed by atoms with van der Waals surface area (Å²) in [4.78, 5) is 9.68. The molecule has 3 nitrogen and oxygen atoms in total. The monoisotopic (exact) mass is 297 g/mol. The van der Waals surface area contributed by atoms with Gasteiger partial charge in [-0.3, -0.25) is 0 Å². The summed E-state index contributed by atoms with van der Waals surface area (Å²) in [6.45, 7) is 5.03. The Hall–Kier alpha value is -0.260. The van der Waals surface area contributed by atoms with E-state index in [1.807, 2.05) is 23.5 Å². The van der Waals surface area contributed by atoms with E-state index in [0.29, 0.717) is 11.8 Å². The van der Waals surface area contributed by atoms with E-state index < -0.39 is 0 Å². The molecule has 0 aromatic carbocycles. The number of nitrogens with two attached hydrogens (primary N) is 1. The van der Waals surface area contributed by atoms with Gasteiger partial charge in [0.2, 0.25) is 0 Å². The zero-order valence-corrected chi connectivity index (χ0v) is 13.4. The largest absolute Gasteiger partial charge is 0.330 e. The average Bonchev–Trinajstić information content (AvgIpc) is 2.48. The number of rotatable bonds is 5. The Morgan fingerprint density at radius 3 is 2.32 bits per heavy atom. The van der Waals surface area contributed by atoms with E-state index in [9.17, 15) is 0 Å². The van der Waals surface area contributed by atoms with Crippen molar-refractivity contribution in [3.63, 3.8) is 0 Å². The highest BCUT2D eigenvalue weighted by atomic mass is 32.2. The zero-order chi connectivity index (χ0) is 13.7. The minimum atomic E-state index is 0.473. The Balaban J connectivity index is 2.34. The fourth-order valence-corrected chi connectivity index (χ4v) is 5.00. The normalized spacial score (nSPS) is 19.6. The van der Waals surface area contributed by atoms with Gasteiger partial charge < -0.3 is 5.73 Å². The lowest BCUT2D eigenvalue weighted by atomic mass is 10.0. The van der Waals surface area contributed by atoms with Crippen LogP contribution in [-0.2, 0) is 19.3 Å². The van der Waals surface area contributed by atoms with E-state index in [4.69, 9.17) is 15.7 Å². The predicted octanol–water partition coefficient (Wildman–Crippen LogP) is 2.62. The number of aromatic nitrogens is 2. The van der Waals surface area contributed by atoms with Crippen molar-refractivity contribution in [2.45, 2.75) is 38.4 Å². The Morgan fingerprint density at radius 1 is 1.16 bits per heavy atom. The maximum Gasteiger partial charge on any atom is 0.142 e. The third-order valence-electron chi connectivity index (χ3n) is 3.36. The third-order valence-corrected chi connectivity index (χ3v) is 6.11. The molecule has 5 heteroatoms. The maximum atomic E-state index is 5.73. The quantitative estimate of drug-likeness (QED) is 0.905. The summed E-state index contributed by atoms with van der Waals surface area (Å²) in [7, 11) is 0. The summed E-state index contributed by atoms with van der Waals surface area (Å²) in [5.74, 6) is 4.67. The molecule has 1 fully saturated rings. The number of nitrogens with zero attached hydrogens (tertiary/aromatic N) is 2. The topological polar surface area (TPSA) is 51.8 Å². The molecule has 0 amide bonds. The van der Waals surface area contributed by atoms with Crippen molar-refractivity contribution in [1.29, 1.82) is 0 Å². The molecule has 1 unspecified atom stereocenters. The maximum absolute atomic E-state index is 5.73. The molecular weight excluding hydrogens is 274 g/mol. The predicted molar refractivity (Wildman–Crippen MR) is 86.1 cm³/mol. The van der Waals surface area contributed by atoms with Crippen molar-refractivity contribution in [1.82, 2.24) is 9.97 Å². The first-order chi connectivity index (χ1) is 9.30. The molecule has 0 bridgehead atoms. The minimum absolute atomic E-state index is 0.473. The molecule has 1 aliphatic heterocycles. The van der Waals surface area contributed by atoms with Crippen molar-refractivity contribution in [3.8, 4) is 0 Å². The lowest BCUT2D eigenvalue weighted by Crippen LogP contribution is -2.17. The lowest BCUT2D eigenvalue weighted by Gasteiger charge is -2.22. The second-order valence-electron chi connectivity index (χ2n) is 4.63. The van der Waals surface area contributed by atoms with Crippen molar-refractivity contribution in [2.75, 3.05) is 23.8 Å². The average molecular weight is 297 g/mol. The first-order valence-corrected chi connectivity index (χ1v) is 9.28. The van der Waals surface area contributed by atoms with Crippen LogP contribution in [0.15, 0.2) is 0 Å². The van der Waals surface area contributed by atoms with Gasteiger partial charge in [0.05, 0.1) is 5.25 Å². The molecule has 19 heavy (non-hydrogen) atoms. The Kier molecular flexibility index (Phi) is 5.98. The molecule has 2 heterocycles. The summed E-state index contributed by atoms with van der Waals surface area (Å²) >= 11 is 4.02. The highest BCUT2D eigenvalue weighted by molar-refractivity contribution is 8.06. The molecular formula is C14H23N3S2. The molecule has 1 saturated heterocycles. The van der Waals surface area contributed by atoms with Crippen LogP contribution in [0.5, 0.6) is 0 Å². The van der Waals surface area contributed by atoms with E-state index in [2.05, 4.69) is 13.8 Å². The summed E-state index contributed by atoms with van der Waals surface area (Å²) in [6.07, 6.45) is 2.85. The van der Waals surface area contributed by atoms with Crippen LogP contribution in [0.4, 0.5) is 0 Å². The molecule has 0 radical (unpaired) electrons. The van der Waals surface area contributed by atoms with Crippen LogP contribution in [-0.4, -0.2) is 33.8 Å². The summed E-state index contributed by atoms with van der Waals surface area (Å²) in [5, 5.41) is 0.473. The van der Waals surface area contributed by atoms with Crippen molar-refractivity contribution in [3.05, 3.63) is 22.8 Å². The van der Waals surface area contributed by atoms with Gasteiger partial charge in [-0.1, -0.05) is 13.8 Å². The second kappa shape index (κ2) is 7.50. The standard InChI is InChI=1S/C14H23N3S2/c1-3-11-10(5-6-15)12(4-2)17-14(16-11)13-9-18-7-8-19-13/h13H,3-9,15H2,1-2H3. The van der Waals surface area contributed by atoms with Gasteiger partial charge >= 0.3 is 0 Å². The SMILES string of the molecule is CCc1nc(C2CSCCS2)nc(CC)c1CCN. The zero-order valence-electron chi connectivity index (χ0n) is 11.8.